The summed E-state index contributed by atoms with van der Waals surface area (Å²) in [6.07, 6.45) is 1.38. The van der Waals surface area contributed by atoms with Crippen molar-refractivity contribution in [2.24, 2.45) is 5.92 Å². The quantitative estimate of drug-likeness (QED) is 0.701. The van der Waals surface area contributed by atoms with Crippen molar-refractivity contribution in [3.63, 3.8) is 0 Å². The van der Waals surface area contributed by atoms with E-state index in [-0.39, 0.29) is 16.9 Å². The molecule has 0 aromatic heterocycles. The van der Waals surface area contributed by atoms with Crippen LogP contribution in [0.2, 0.25) is 0 Å². The van der Waals surface area contributed by atoms with Crippen LogP contribution in [0.15, 0.2) is 29.2 Å². The van der Waals surface area contributed by atoms with E-state index >= 15 is 0 Å². The van der Waals surface area contributed by atoms with Gasteiger partial charge in [0.1, 0.15) is 5.60 Å². The van der Waals surface area contributed by atoms with Gasteiger partial charge in [-0.15, -0.1) is 0 Å². The van der Waals surface area contributed by atoms with Crippen LogP contribution in [0.3, 0.4) is 0 Å². The topological polar surface area (TPSA) is 75.7 Å². The predicted molar refractivity (Wildman–Crippen MR) is 105 cm³/mol. The molecule has 0 bridgehead atoms. The first-order chi connectivity index (χ1) is 12.1. The minimum atomic E-state index is -3.55. The summed E-state index contributed by atoms with van der Waals surface area (Å²) >= 11 is 3.34. The Hall–Kier alpha value is -1.12. The Morgan fingerprint density at radius 2 is 1.96 bits per heavy atom. The Morgan fingerprint density at radius 1 is 1.31 bits per heavy atom. The van der Waals surface area contributed by atoms with Gasteiger partial charge in [0.05, 0.1) is 4.90 Å². The van der Waals surface area contributed by atoms with Crippen LogP contribution >= 0.6 is 15.9 Å². The first kappa shape index (κ1) is 21.2. The zero-order chi connectivity index (χ0) is 19.4. The molecular formula is C18H27BrN2O4S. The largest absolute Gasteiger partial charge is 0.444 e. The third kappa shape index (κ3) is 6.25. The van der Waals surface area contributed by atoms with Gasteiger partial charge in [0.25, 0.3) is 0 Å². The van der Waals surface area contributed by atoms with Crippen LogP contribution in [0.5, 0.6) is 0 Å². The number of rotatable bonds is 5. The van der Waals surface area contributed by atoms with Crippen molar-refractivity contribution in [1.82, 2.24) is 9.62 Å². The number of carbonyl (C=O) groups is 1. The summed E-state index contributed by atoms with van der Waals surface area (Å²) in [6, 6.07) is 6.78. The van der Waals surface area contributed by atoms with Gasteiger partial charge in [-0.25, -0.2) is 17.9 Å². The molecule has 1 aromatic rings. The van der Waals surface area contributed by atoms with Crippen molar-refractivity contribution in [2.45, 2.75) is 49.4 Å². The molecule has 0 unspecified atom stereocenters. The van der Waals surface area contributed by atoms with Gasteiger partial charge in [-0.05, 0) is 57.2 Å². The van der Waals surface area contributed by atoms with Gasteiger partial charge in [-0.2, -0.15) is 0 Å². The summed E-state index contributed by atoms with van der Waals surface area (Å²) in [5.74, 6) is 0.0767. The summed E-state index contributed by atoms with van der Waals surface area (Å²) in [5, 5.41) is 0.684. The first-order valence-corrected chi connectivity index (χ1v) is 11.3. The Kier molecular flexibility index (Phi) is 7.10. The second kappa shape index (κ2) is 8.71. The zero-order valence-electron chi connectivity index (χ0n) is 15.5. The maximum atomic E-state index is 12.4. The van der Waals surface area contributed by atoms with E-state index in [0.717, 1.165) is 18.4 Å². The van der Waals surface area contributed by atoms with Crippen LogP contribution < -0.4 is 4.72 Å². The molecule has 0 saturated carbocycles. The fourth-order valence-electron chi connectivity index (χ4n) is 2.79. The minimum absolute atomic E-state index is 0.0767. The normalized spacial score (nSPS) is 18.6. The standard InChI is InChI=1S/C18H27BrN2O4S/c1-18(2,3)25-17(22)21-10-4-5-15(13-21)12-20-26(23,24)16-8-6-14(11-19)7-9-16/h6-9,15,20H,4-5,10-13H2,1-3H3/t15-/m0/s1. The van der Waals surface area contributed by atoms with Gasteiger partial charge in [0, 0.05) is 25.0 Å². The Balaban J connectivity index is 1.92. The summed E-state index contributed by atoms with van der Waals surface area (Å²) in [5.41, 5.74) is 0.483. The molecule has 8 heteroatoms. The number of likely N-dealkylation sites (tertiary alicyclic amines) is 1. The van der Waals surface area contributed by atoms with E-state index < -0.39 is 15.6 Å². The second-order valence-corrected chi connectivity index (χ2v) is 9.89. The molecule has 26 heavy (non-hydrogen) atoms. The number of ether oxygens (including phenoxy) is 1. The van der Waals surface area contributed by atoms with Gasteiger partial charge < -0.3 is 9.64 Å². The number of hydrogen-bond acceptors (Lipinski definition) is 4. The van der Waals surface area contributed by atoms with Crippen molar-refractivity contribution in [3.05, 3.63) is 29.8 Å². The van der Waals surface area contributed by atoms with Crippen LogP contribution in [0, 0.1) is 5.92 Å². The smallest absolute Gasteiger partial charge is 0.410 e. The lowest BCUT2D eigenvalue weighted by atomic mass is 9.99. The third-order valence-electron chi connectivity index (χ3n) is 4.12. The van der Waals surface area contributed by atoms with Gasteiger partial charge >= 0.3 is 6.09 Å². The molecule has 1 aromatic carbocycles. The van der Waals surface area contributed by atoms with E-state index in [2.05, 4.69) is 20.7 Å². The molecule has 1 fully saturated rings. The van der Waals surface area contributed by atoms with Crippen LogP contribution in [0.4, 0.5) is 4.79 Å². The number of alkyl halides is 1. The second-order valence-electron chi connectivity index (χ2n) is 7.56. The van der Waals surface area contributed by atoms with E-state index in [1.807, 2.05) is 20.8 Å². The highest BCUT2D eigenvalue weighted by Crippen LogP contribution is 2.20. The van der Waals surface area contributed by atoms with Gasteiger partial charge in [-0.1, -0.05) is 28.1 Å². The van der Waals surface area contributed by atoms with Crippen molar-refractivity contribution in [2.75, 3.05) is 19.6 Å². The Bertz CT molecular complexity index is 714. The molecule has 1 atom stereocenters. The van der Waals surface area contributed by atoms with E-state index in [1.165, 1.54) is 0 Å². The van der Waals surface area contributed by atoms with E-state index in [0.29, 0.717) is 25.0 Å². The molecule has 0 spiro atoms. The monoisotopic (exact) mass is 446 g/mol. The van der Waals surface area contributed by atoms with Crippen LogP contribution in [0.25, 0.3) is 0 Å². The molecular weight excluding hydrogens is 420 g/mol. The Labute approximate surface area is 164 Å². The number of sulfonamides is 1. The van der Waals surface area contributed by atoms with Gasteiger partial charge in [0.2, 0.25) is 10.0 Å². The molecule has 1 aliphatic heterocycles. The number of hydrogen-bond donors (Lipinski definition) is 1. The lowest BCUT2D eigenvalue weighted by Crippen LogP contribution is -2.45. The SMILES string of the molecule is CC(C)(C)OC(=O)N1CCC[C@@H](CNS(=O)(=O)c2ccc(CBr)cc2)C1. The van der Waals surface area contributed by atoms with Crippen molar-refractivity contribution in [3.8, 4) is 0 Å². The summed E-state index contributed by atoms with van der Waals surface area (Å²) in [7, 11) is -3.55. The number of carbonyl (C=O) groups excluding carboxylic acids is 1. The highest BCUT2D eigenvalue weighted by Gasteiger charge is 2.28. The molecule has 6 nitrogen and oxygen atoms in total. The maximum Gasteiger partial charge on any atom is 0.410 e. The van der Waals surface area contributed by atoms with Crippen LogP contribution in [-0.2, 0) is 20.1 Å². The molecule has 1 N–H and O–H groups in total. The number of amides is 1. The van der Waals surface area contributed by atoms with E-state index in [1.54, 1.807) is 29.2 Å². The molecule has 1 heterocycles. The van der Waals surface area contributed by atoms with Crippen molar-refractivity contribution < 1.29 is 17.9 Å². The molecule has 1 amide bonds. The van der Waals surface area contributed by atoms with Crippen molar-refractivity contribution >= 4 is 32.0 Å². The predicted octanol–water partition coefficient (Wildman–Crippen LogP) is 3.51. The summed E-state index contributed by atoms with van der Waals surface area (Å²) < 4.78 is 33.0. The summed E-state index contributed by atoms with van der Waals surface area (Å²) in [6.45, 7) is 6.96. The average Bonchev–Trinajstić information content (AvgIpc) is 2.59. The molecule has 2 rings (SSSR count). The Morgan fingerprint density at radius 3 is 2.54 bits per heavy atom. The highest BCUT2D eigenvalue weighted by atomic mass is 79.9. The molecule has 1 aliphatic rings. The number of piperidine rings is 1. The molecule has 146 valence electrons. The van der Waals surface area contributed by atoms with E-state index in [4.69, 9.17) is 4.74 Å². The minimum Gasteiger partial charge on any atom is -0.444 e. The zero-order valence-corrected chi connectivity index (χ0v) is 17.9. The third-order valence-corrected chi connectivity index (χ3v) is 6.21. The lowest BCUT2D eigenvalue weighted by molar-refractivity contribution is 0.0169. The fourth-order valence-corrected chi connectivity index (χ4v) is 4.28. The molecule has 0 radical (unpaired) electrons. The molecule has 0 aliphatic carbocycles. The number of halogens is 1. The summed E-state index contributed by atoms with van der Waals surface area (Å²) in [4.78, 5) is 14.1. The highest BCUT2D eigenvalue weighted by molar-refractivity contribution is 9.08. The number of nitrogens with zero attached hydrogens (tertiary/aromatic N) is 1. The van der Waals surface area contributed by atoms with Gasteiger partial charge in [0.15, 0.2) is 0 Å². The average molecular weight is 447 g/mol. The number of nitrogens with one attached hydrogen (secondary N) is 1. The van der Waals surface area contributed by atoms with Gasteiger partial charge in [-0.3, -0.25) is 0 Å². The number of benzene rings is 1. The van der Waals surface area contributed by atoms with Crippen molar-refractivity contribution in [1.29, 1.82) is 0 Å². The first-order valence-electron chi connectivity index (χ1n) is 8.73. The fraction of sp³-hybridized carbons (Fsp3) is 0.611. The van der Waals surface area contributed by atoms with E-state index in [9.17, 15) is 13.2 Å². The molecule has 1 saturated heterocycles. The van der Waals surface area contributed by atoms with Crippen LogP contribution in [-0.4, -0.2) is 44.6 Å². The maximum absolute atomic E-state index is 12.4. The van der Waals surface area contributed by atoms with Crippen LogP contribution in [0.1, 0.15) is 39.2 Å². The lowest BCUT2D eigenvalue weighted by Gasteiger charge is -2.34.